The van der Waals surface area contributed by atoms with Crippen molar-refractivity contribution in [1.82, 2.24) is 14.9 Å². The Morgan fingerprint density at radius 1 is 1.65 bits per heavy atom. The molecule has 2 rings (SSSR count). The maximum atomic E-state index is 11.3. The van der Waals surface area contributed by atoms with Gasteiger partial charge in [-0.05, 0) is 32.4 Å². The lowest BCUT2D eigenvalue weighted by Gasteiger charge is -2.35. The van der Waals surface area contributed by atoms with Crippen molar-refractivity contribution in [3.05, 3.63) is 23.8 Å². The van der Waals surface area contributed by atoms with E-state index in [2.05, 4.69) is 14.9 Å². The number of ether oxygens (including phenoxy) is 1. The van der Waals surface area contributed by atoms with E-state index in [1.807, 2.05) is 13.0 Å². The molecule has 1 aliphatic rings. The molecule has 20 heavy (non-hydrogen) atoms. The maximum absolute atomic E-state index is 11.3. The van der Waals surface area contributed by atoms with Gasteiger partial charge in [-0.1, -0.05) is 0 Å². The van der Waals surface area contributed by atoms with Gasteiger partial charge in [0, 0.05) is 31.5 Å². The SMILES string of the molecule is COCc1nccc([C@@H]2CCCN([C@@H](C)C(N)=O)C2)n1. The van der Waals surface area contributed by atoms with Gasteiger partial charge in [-0.3, -0.25) is 9.69 Å². The first-order chi connectivity index (χ1) is 9.61. The lowest BCUT2D eigenvalue weighted by atomic mass is 9.93. The zero-order valence-electron chi connectivity index (χ0n) is 12.1. The minimum atomic E-state index is -0.270. The first-order valence-electron chi connectivity index (χ1n) is 6.96. The first kappa shape index (κ1) is 14.9. The second-order valence-corrected chi connectivity index (χ2v) is 5.24. The van der Waals surface area contributed by atoms with Crippen molar-refractivity contribution in [3.8, 4) is 0 Å². The highest BCUT2D eigenvalue weighted by atomic mass is 16.5. The van der Waals surface area contributed by atoms with E-state index in [1.54, 1.807) is 13.3 Å². The normalized spacial score (nSPS) is 21.6. The number of rotatable bonds is 5. The molecule has 1 fully saturated rings. The Balaban J connectivity index is 2.08. The van der Waals surface area contributed by atoms with Gasteiger partial charge in [0.2, 0.25) is 5.91 Å². The number of carbonyl (C=O) groups excluding carboxylic acids is 1. The fraction of sp³-hybridized carbons (Fsp3) is 0.643. The Bertz CT molecular complexity index is 466. The summed E-state index contributed by atoms with van der Waals surface area (Å²) in [6, 6.07) is 1.72. The molecule has 0 spiro atoms. The number of likely N-dealkylation sites (tertiary alicyclic amines) is 1. The van der Waals surface area contributed by atoms with E-state index in [0.29, 0.717) is 18.3 Å². The molecule has 0 aromatic carbocycles. The molecule has 1 aromatic rings. The third-order valence-corrected chi connectivity index (χ3v) is 3.83. The predicted molar refractivity (Wildman–Crippen MR) is 74.9 cm³/mol. The van der Waals surface area contributed by atoms with Crippen LogP contribution in [0.5, 0.6) is 0 Å². The van der Waals surface area contributed by atoms with Gasteiger partial charge in [0.25, 0.3) is 0 Å². The number of nitrogens with zero attached hydrogens (tertiary/aromatic N) is 3. The highest BCUT2D eigenvalue weighted by Gasteiger charge is 2.27. The average molecular weight is 278 g/mol. The first-order valence-corrected chi connectivity index (χ1v) is 6.96. The molecule has 0 bridgehead atoms. The van der Waals surface area contributed by atoms with Crippen molar-refractivity contribution in [1.29, 1.82) is 0 Å². The van der Waals surface area contributed by atoms with Gasteiger partial charge in [0.15, 0.2) is 5.82 Å². The van der Waals surface area contributed by atoms with Crippen LogP contribution >= 0.6 is 0 Å². The summed E-state index contributed by atoms with van der Waals surface area (Å²) in [5.41, 5.74) is 6.41. The van der Waals surface area contributed by atoms with Crippen LogP contribution in [0, 0.1) is 0 Å². The van der Waals surface area contributed by atoms with Crippen molar-refractivity contribution in [2.24, 2.45) is 5.73 Å². The number of amides is 1. The Kier molecular flexibility index (Phi) is 5.03. The van der Waals surface area contributed by atoms with Crippen molar-refractivity contribution >= 4 is 5.91 Å². The van der Waals surface area contributed by atoms with Crippen LogP contribution in [0.1, 0.15) is 37.2 Å². The summed E-state index contributed by atoms with van der Waals surface area (Å²) in [6.45, 7) is 4.01. The van der Waals surface area contributed by atoms with E-state index in [9.17, 15) is 4.79 Å². The molecule has 110 valence electrons. The average Bonchev–Trinajstić information content (AvgIpc) is 2.47. The number of primary amides is 1. The molecule has 2 heterocycles. The van der Waals surface area contributed by atoms with Crippen molar-refractivity contribution in [2.75, 3.05) is 20.2 Å². The van der Waals surface area contributed by atoms with Gasteiger partial charge in [-0.2, -0.15) is 0 Å². The summed E-state index contributed by atoms with van der Waals surface area (Å²) in [7, 11) is 1.63. The maximum Gasteiger partial charge on any atom is 0.234 e. The monoisotopic (exact) mass is 278 g/mol. The molecule has 6 nitrogen and oxygen atoms in total. The van der Waals surface area contributed by atoms with Crippen molar-refractivity contribution in [3.63, 3.8) is 0 Å². The van der Waals surface area contributed by atoms with Gasteiger partial charge in [0.05, 0.1) is 6.04 Å². The topological polar surface area (TPSA) is 81.3 Å². The molecular formula is C14H22N4O2. The van der Waals surface area contributed by atoms with Crippen LogP contribution in [0.4, 0.5) is 0 Å². The Morgan fingerprint density at radius 2 is 2.45 bits per heavy atom. The molecule has 2 atom stereocenters. The van der Waals surface area contributed by atoms with E-state index in [0.717, 1.165) is 31.6 Å². The zero-order valence-corrected chi connectivity index (χ0v) is 12.1. The number of nitrogens with two attached hydrogens (primary N) is 1. The van der Waals surface area contributed by atoms with E-state index < -0.39 is 0 Å². The number of hydrogen-bond acceptors (Lipinski definition) is 5. The van der Waals surface area contributed by atoms with Crippen LogP contribution in [-0.4, -0.2) is 47.0 Å². The number of methoxy groups -OCH3 is 1. The molecular weight excluding hydrogens is 256 g/mol. The van der Waals surface area contributed by atoms with Gasteiger partial charge < -0.3 is 10.5 Å². The second kappa shape index (κ2) is 6.76. The second-order valence-electron chi connectivity index (χ2n) is 5.24. The van der Waals surface area contributed by atoms with Gasteiger partial charge in [-0.15, -0.1) is 0 Å². The molecule has 0 saturated carbocycles. The molecule has 2 N–H and O–H groups in total. The number of hydrogen-bond donors (Lipinski definition) is 1. The summed E-state index contributed by atoms with van der Waals surface area (Å²) < 4.78 is 5.06. The Morgan fingerprint density at radius 3 is 3.15 bits per heavy atom. The predicted octanol–water partition coefficient (Wildman–Crippen LogP) is 0.676. The molecule has 0 unspecified atom stereocenters. The van der Waals surface area contributed by atoms with Crippen molar-refractivity contribution in [2.45, 2.75) is 38.3 Å². The summed E-state index contributed by atoms with van der Waals surface area (Å²) in [5, 5.41) is 0. The van der Waals surface area contributed by atoms with E-state index in [-0.39, 0.29) is 11.9 Å². The lowest BCUT2D eigenvalue weighted by Crippen LogP contribution is -2.47. The van der Waals surface area contributed by atoms with E-state index in [1.165, 1.54) is 0 Å². The van der Waals surface area contributed by atoms with E-state index in [4.69, 9.17) is 10.5 Å². The highest BCUT2D eigenvalue weighted by Crippen LogP contribution is 2.26. The summed E-state index contributed by atoms with van der Waals surface area (Å²) in [6.07, 6.45) is 3.89. The largest absolute Gasteiger partial charge is 0.377 e. The third kappa shape index (κ3) is 3.52. The van der Waals surface area contributed by atoms with Crippen LogP contribution in [-0.2, 0) is 16.1 Å². The van der Waals surface area contributed by atoms with Crippen molar-refractivity contribution < 1.29 is 9.53 Å². The Labute approximate surface area is 119 Å². The summed E-state index contributed by atoms with van der Waals surface area (Å²) in [5.74, 6) is 0.752. The molecule has 0 aliphatic carbocycles. The van der Waals surface area contributed by atoms with Crippen LogP contribution in [0.25, 0.3) is 0 Å². The van der Waals surface area contributed by atoms with Crippen LogP contribution in [0.15, 0.2) is 12.3 Å². The number of carbonyl (C=O) groups is 1. The molecule has 0 radical (unpaired) electrons. The molecule has 1 aromatic heterocycles. The van der Waals surface area contributed by atoms with Gasteiger partial charge in [0.1, 0.15) is 6.61 Å². The molecule has 1 saturated heterocycles. The van der Waals surface area contributed by atoms with Crippen LogP contribution < -0.4 is 5.73 Å². The zero-order chi connectivity index (χ0) is 14.5. The number of aromatic nitrogens is 2. The quantitative estimate of drug-likeness (QED) is 0.856. The summed E-state index contributed by atoms with van der Waals surface area (Å²) >= 11 is 0. The molecule has 1 amide bonds. The van der Waals surface area contributed by atoms with Gasteiger partial charge >= 0.3 is 0 Å². The fourth-order valence-electron chi connectivity index (χ4n) is 2.62. The standard InChI is InChI=1S/C14H22N4O2/c1-10(14(15)19)18-7-3-4-11(8-18)12-5-6-16-13(17-12)9-20-2/h5-6,10-11H,3-4,7-9H2,1-2H3,(H2,15,19)/t10-,11+/m0/s1. The van der Waals surface area contributed by atoms with Crippen LogP contribution in [0.2, 0.25) is 0 Å². The minimum Gasteiger partial charge on any atom is -0.377 e. The van der Waals surface area contributed by atoms with Crippen LogP contribution in [0.3, 0.4) is 0 Å². The van der Waals surface area contributed by atoms with E-state index >= 15 is 0 Å². The van der Waals surface area contributed by atoms with Gasteiger partial charge in [-0.25, -0.2) is 9.97 Å². The number of piperidine rings is 1. The minimum absolute atomic E-state index is 0.224. The highest BCUT2D eigenvalue weighted by molar-refractivity contribution is 5.79. The fourth-order valence-corrected chi connectivity index (χ4v) is 2.62. The lowest BCUT2D eigenvalue weighted by molar-refractivity contribution is -0.123. The smallest absolute Gasteiger partial charge is 0.234 e. The summed E-state index contributed by atoms with van der Waals surface area (Å²) in [4.78, 5) is 22.2. The molecule has 1 aliphatic heterocycles. The molecule has 6 heteroatoms. The Hall–Kier alpha value is -1.53. The third-order valence-electron chi connectivity index (χ3n) is 3.83.